The van der Waals surface area contributed by atoms with Crippen molar-refractivity contribution in [2.45, 2.75) is 51.9 Å². The van der Waals surface area contributed by atoms with Crippen LogP contribution in [0.15, 0.2) is 23.1 Å². The first-order valence-corrected chi connectivity index (χ1v) is 10.3. The molecule has 1 aliphatic rings. The largest absolute Gasteiger partial charge is 0.493 e. The summed E-state index contributed by atoms with van der Waals surface area (Å²) in [5, 5.41) is 0. The summed E-state index contributed by atoms with van der Waals surface area (Å²) in [5.41, 5.74) is 1.25. The number of unbranched alkanes of at least 4 members (excludes halogenated alkanes) is 3. The molecule has 1 aromatic carbocycles. The Bertz CT molecular complexity index is 543. The van der Waals surface area contributed by atoms with Gasteiger partial charge in [-0.2, -0.15) is 0 Å². The molecule has 0 spiro atoms. The molecule has 4 heteroatoms. The van der Waals surface area contributed by atoms with E-state index in [2.05, 4.69) is 25.1 Å². The van der Waals surface area contributed by atoms with Crippen LogP contribution in [0.25, 0.3) is 0 Å². The molecule has 0 aliphatic carbocycles. The van der Waals surface area contributed by atoms with E-state index in [1.54, 1.807) is 26.2 Å². The summed E-state index contributed by atoms with van der Waals surface area (Å²) in [4.78, 5) is 1.57. The number of thioether (sulfide) groups is 1. The van der Waals surface area contributed by atoms with Crippen LogP contribution in [0.5, 0.6) is 17.2 Å². The highest BCUT2D eigenvalue weighted by Crippen LogP contribution is 2.41. The van der Waals surface area contributed by atoms with Gasteiger partial charge in [0.25, 0.3) is 0 Å². The van der Waals surface area contributed by atoms with Gasteiger partial charge in [-0.1, -0.05) is 38.7 Å². The summed E-state index contributed by atoms with van der Waals surface area (Å²) in [7, 11) is 5.01. The SMILES string of the molecule is CCCCCCC(Cc1cc(OC)c(OC)c(OC)c1)C1=CCCS1. The van der Waals surface area contributed by atoms with Gasteiger partial charge >= 0.3 is 0 Å². The monoisotopic (exact) mass is 364 g/mol. The Hall–Kier alpha value is -1.29. The minimum atomic E-state index is 0.604. The quantitative estimate of drug-likeness (QED) is 0.460. The van der Waals surface area contributed by atoms with Crippen molar-refractivity contribution in [3.63, 3.8) is 0 Å². The second kappa shape index (κ2) is 10.6. The van der Waals surface area contributed by atoms with Gasteiger partial charge in [-0.25, -0.2) is 0 Å². The lowest BCUT2D eigenvalue weighted by Crippen LogP contribution is -2.07. The number of benzene rings is 1. The van der Waals surface area contributed by atoms with Crippen LogP contribution in [0.3, 0.4) is 0 Å². The summed E-state index contributed by atoms with van der Waals surface area (Å²) in [6.45, 7) is 2.27. The second-order valence-corrected chi connectivity index (χ2v) is 7.70. The molecule has 3 nitrogen and oxygen atoms in total. The molecule has 0 saturated heterocycles. The van der Waals surface area contributed by atoms with E-state index < -0.39 is 0 Å². The highest BCUT2D eigenvalue weighted by molar-refractivity contribution is 8.03. The van der Waals surface area contributed by atoms with E-state index >= 15 is 0 Å². The lowest BCUT2D eigenvalue weighted by atomic mass is 9.92. The van der Waals surface area contributed by atoms with Gasteiger partial charge < -0.3 is 14.2 Å². The van der Waals surface area contributed by atoms with Crippen LogP contribution in [-0.4, -0.2) is 27.1 Å². The van der Waals surface area contributed by atoms with Crippen LogP contribution in [0.1, 0.15) is 51.0 Å². The normalized spacial score (nSPS) is 15.0. The van der Waals surface area contributed by atoms with Gasteiger partial charge in [0.1, 0.15) is 0 Å². The molecule has 1 unspecified atom stereocenters. The van der Waals surface area contributed by atoms with Crippen molar-refractivity contribution < 1.29 is 14.2 Å². The third-order valence-electron chi connectivity index (χ3n) is 4.75. The molecule has 0 radical (unpaired) electrons. The van der Waals surface area contributed by atoms with Gasteiger partial charge in [-0.3, -0.25) is 0 Å². The van der Waals surface area contributed by atoms with E-state index in [-0.39, 0.29) is 0 Å². The molecule has 0 bridgehead atoms. The van der Waals surface area contributed by atoms with Gasteiger partial charge in [-0.15, -0.1) is 11.8 Å². The molecule has 0 N–H and O–H groups in total. The molecular weight excluding hydrogens is 332 g/mol. The molecular formula is C21H32O3S. The van der Waals surface area contributed by atoms with Crippen LogP contribution >= 0.6 is 11.8 Å². The van der Waals surface area contributed by atoms with E-state index in [0.29, 0.717) is 11.7 Å². The minimum absolute atomic E-state index is 0.604. The van der Waals surface area contributed by atoms with Crippen molar-refractivity contribution in [1.82, 2.24) is 0 Å². The smallest absolute Gasteiger partial charge is 0.203 e. The van der Waals surface area contributed by atoms with Crippen molar-refractivity contribution in [2.24, 2.45) is 5.92 Å². The lowest BCUT2D eigenvalue weighted by Gasteiger charge is -2.20. The van der Waals surface area contributed by atoms with Crippen molar-refractivity contribution >= 4 is 11.8 Å². The van der Waals surface area contributed by atoms with Crippen LogP contribution in [0.4, 0.5) is 0 Å². The fraction of sp³-hybridized carbons (Fsp3) is 0.619. The fourth-order valence-electron chi connectivity index (χ4n) is 3.42. The summed E-state index contributed by atoms with van der Waals surface area (Å²) in [6, 6.07) is 4.20. The summed E-state index contributed by atoms with van der Waals surface area (Å²) < 4.78 is 16.5. The van der Waals surface area contributed by atoms with Crippen LogP contribution in [-0.2, 0) is 6.42 Å². The average molecular weight is 365 g/mol. The van der Waals surface area contributed by atoms with E-state index in [9.17, 15) is 0 Å². The first kappa shape index (κ1) is 20.0. The first-order chi connectivity index (χ1) is 12.2. The van der Waals surface area contributed by atoms with Gasteiger partial charge in [0.15, 0.2) is 11.5 Å². The maximum Gasteiger partial charge on any atom is 0.203 e. The number of methoxy groups -OCH3 is 3. The maximum absolute atomic E-state index is 5.51. The van der Waals surface area contributed by atoms with Crippen molar-refractivity contribution in [2.75, 3.05) is 27.1 Å². The number of hydrogen-bond donors (Lipinski definition) is 0. The molecule has 0 saturated carbocycles. The van der Waals surface area contributed by atoms with Crippen molar-refractivity contribution in [1.29, 1.82) is 0 Å². The topological polar surface area (TPSA) is 27.7 Å². The molecule has 0 aromatic heterocycles. The highest BCUT2D eigenvalue weighted by atomic mass is 32.2. The summed E-state index contributed by atoms with van der Waals surface area (Å²) in [6.07, 6.45) is 11.2. The molecule has 1 aromatic rings. The van der Waals surface area contributed by atoms with Crippen LogP contribution in [0.2, 0.25) is 0 Å². The highest BCUT2D eigenvalue weighted by Gasteiger charge is 2.20. The number of rotatable bonds is 11. The van der Waals surface area contributed by atoms with Gasteiger partial charge in [0, 0.05) is 5.75 Å². The fourth-order valence-corrected chi connectivity index (χ4v) is 4.57. The maximum atomic E-state index is 5.51. The van der Waals surface area contributed by atoms with Gasteiger partial charge in [-0.05, 0) is 47.8 Å². The molecule has 1 heterocycles. The van der Waals surface area contributed by atoms with E-state index in [1.807, 2.05) is 11.8 Å². The molecule has 25 heavy (non-hydrogen) atoms. The Morgan fingerprint density at radius 3 is 2.24 bits per heavy atom. The molecule has 0 fully saturated rings. The van der Waals surface area contributed by atoms with Crippen LogP contribution in [0, 0.1) is 5.92 Å². The van der Waals surface area contributed by atoms with Gasteiger partial charge in [0.05, 0.1) is 21.3 Å². The Morgan fingerprint density at radius 2 is 1.72 bits per heavy atom. The van der Waals surface area contributed by atoms with Crippen molar-refractivity contribution in [3.8, 4) is 17.2 Å². The van der Waals surface area contributed by atoms with E-state index in [0.717, 1.165) is 17.9 Å². The molecule has 1 atom stereocenters. The second-order valence-electron chi connectivity index (χ2n) is 6.53. The Morgan fingerprint density at radius 1 is 1.00 bits per heavy atom. The van der Waals surface area contributed by atoms with E-state index in [4.69, 9.17) is 14.2 Å². The van der Waals surface area contributed by atoms with E-state index in [1.165, 1.54) is 49.8 Å². The molecule has 0 amide bonds. The standard InChI is InChI=1S/C21H32O3S/c1-5-6-7-8-10-17(20-11-9-12-25-20)13-16-14-18(22-2)21(24-4)19(15-16)23-3/h11,14-15,17H,5-10,12-13H2,1-4H3. The number of hydrogen-bond acceptors (Lipinski definition) is 4. The Kier molecular flexibility index (Phi) is 8.53. The number of allylic oxidation sites excluding steroid dienone is 2. The molecule has 1 aliphatic heterocycles. The molecule has 2 rings (SSSR count). The van der Waals surface area contributed by atoms with Gasteiger partial charge in [0.2, 0.25) is 5.75 Å². The Labute approximate surface area is 157 Å². The summed E-state index contributed by atoms with van der Waals surface area (Å²) >= 11 is 2.03. The lowest BCUT2D eigenvalue weighted by molar-refractivity contribution is 0.323. The zero-order valence-electron chi connectivity index (χ0n) is 16.1. The zero-order valence-corrected chi connectivity index (χ0v) is 16.9. The zero-order chi connectivity index (χ0) is 18.1. The minimum Gasteiger partial charge on any atom is -0.493 e. The van der Waals surface area contributed by atoms with Crippen molar-refractivity contribution in [3.05, 3.63) is 28.7 Å². The Balaban J connectivity index is 2.16. The summed E-state index contributed by atoms with van der Waals surface area (Å²) in [5.74, 6) is 4.00. The third kappa shape index (κ3) is 5.60. The molecule has 140 valence electrons. The van der Waals surface area contributed by atoms with Crippen LogP contribution < -0.4 is 14.2 Å². The predicted molar refractivity (Wildman–Crippen MR) is 107 cm³/mol. The average Bonchev–Trinajstić information content (AvgIpc) is 3.17. The predicted octanol–water partition coefficient (Wildman–Crippen LogP) is 5.86. The first-order valence-electron chi connectivity index (χ1n) is 9.35. The number of ether oxygens (including phenoxy) is 3. The third-order valence-corrected chi connectivity index (χ3v) is 6.02.